The molecule has 1 heterocycles. The summed E-state index contributed by atoms with van der Waals surface area (Å²) >= 11 is 0. The van der Waals surface area contributed by atoms with Crippen LogP contribution in [-0.4, -0.2) is 34.1 Å². The van der Waals surface area contributed by atoms with Gasteiger partial charge in [-0.2, -0.15) is 0 Å². The number of halogens is 1. The van der Waals surface area contributed by atoms with E-state index in [0.717, 1.165) is 22.9 Å². The molecule has 2 N–H and O–H groups in total. The molecule has 0 radical (unpaired) electrons. The standard InChI is InChI=1S/C17H21N2O3P.ClH/c1-12(17(20)19-11-5-10-16(19)23(21)22)18-15-9-4-7-13-6-2-3-8-14(13)15;/h2-4,6-9,12,16,18,23H,5,10-11H2,1H3,(H,21,22);1H/t12-,16+;/m0./s1. The molecule has 0 saturated carbocycles. The molecule has 24 heavy (non-hydrogen) atoms. The van der Waals surface area contributed by atoms with Crippen molar-refractivity contribution in [1.29, 1.82) is 0 Å². The van der Waals surface area contributed by atoms with E-state index in [9.17, 15) is 14.3 Å². The predicted octanol–water partition coefficient (Wildman–Crippen LogP) is 3.48. The number of likely N-dealkylation sites (tertiary alicyclic amines) is 1. The van der Waals surface area contributed by atoms with Gasteiger partial charge in [-0.1, -0.05) is 36.4 Å². The molecule has 1 aliphatic rings. The van der Waals surface area contributed by atoms with Crippen molar-refractivity contribution in [3.8, 4) is 0 Å². The van der Waals surface area contributed by atoms with Gasteiger partial charge in [0.25, 0.3) is 0 Å². The van der Waals surface area contributed by atoms with E-state index in [1.54, 1.807) is 11.8 Å². The molecule has 3 rings (SSSR count). The van der Waals surface area contributed by atoms with E-state index in [-0.39, 0.29) is 18.3 Å². The molecule has 0 bridgehead atoms. The third-order valence-electron chi connectivity index (χ3n) is 4.35. The normalized spacial score (nSPS) is 19.6. The molecule has 3 atom stereocenters. The Bertz CT molecular complexity index is 750. The summed E-state index contributed by atoms with van der Waals surface area (Å²) in [6, 6.07) is 13.5. The number of hydrogen-bond donors (Lipinski definition) is 2. The van der Waals surface area contributed by atoms with Crippen LogP contribution < -0.4 is 5.32 Å². The number of anilines is 1. The molecule has 7 heteroatoms. The first kappa shape index (κ1) is 18.8. The van der Waals surface area contributed by atoms with Crippen molar-refractivity contribution in [3.63, 3.8) is 0 Å². The van der Waals surface area contributed by atoms with E-state index in [1.807, 2.05) is 42.5 Å². The first-order valence-corrected chi connectivity index (χ1v) is 9.29. The van der Waals surface area contributed by atoms with Crippen molar-refractivity contribution < 1.29 is 14.3 Å². The predicted molar refractivity (Wildman–Crippen MR) is 100 cm³/mol. The number of fused-ring (bicyclic) bond motifs is 1. The van der Waals surface area contributed by atoms with E-state index in [0.29, 0.717) is 13.0 Å². The summed E-state index contributed by atoms with van der Waals surface area (Å²) < 4.78 is 11.4. The highest BCUT2D eigenvalue weighted by Gasteiger charge is 2.34. The largest absolute Gasteiger partial charge is 0.373 e. The van der Waals surface area contributed by atoms with E-state index < -0.39 is 19.9 Å². The number of carbonyl (C=O) groups excluding carboxylic acids is 1. The van der Waals surface area contributed by atoms with E-state index in [4.69, 9.17) is 0 Å². The van der Waals surface area contributed by atoms with Crippen LogP contribution in [0.2, 0.25) is 0 Å². The Morgan fingerprint density at radius 2 is 2.00 bits per heavy atom. The van der Waals surface area contributed by atoms with Crippen LogP contribution in [0.4, 0.5) is 5.69 Å². The van der Waals surface area contributed by atoms with Gasteiger partial charge in [0.15, 0.2) is 0 Å². The summed E-state index contributed by atoms with van der Waals surface area (Å²) in [7, 11) is -2.72. The summed E-state index contributed by atoms with van der Waals surface area (Å²) in [5.41, 5.74) is 0.899. The molecule has 5 nitrogen and oxygen atoms in total. The second-order valence-corrected chi connectivity index (χ2v) is 7.26. The fourth-order valence-electron chi connectivity index (χ4n) is 3.18. The summed E-state index contributed by atoms with van der Waals surface area (Å²) in [5, 5.41) is 5.42. The minimum atomic E-state index is -2.72. The van der Waals surface area contributed by atoms with Gasteiger partial charge in [-0.3, -0.25) is 9.36 Å². The molecule has 0 aromatic heterocycles. The van der Waals surface area contributed by atoms with E-state index in [2.05, 4.69) is 5.32 Å². The zero-order valence-electron chi connectivity index (χ0n) is 13.4. The zero-order chi connectivity index (χ0) is 16.4. The quantitative estimate of drug-likeness (QED) is 0.811. The fraction of sp³-hybridized carbons (Fsp3) is 0.353. The van der Waals surface area contributed by atoms with Gasteiger partial charge in [0.1, 0.15) is 11.8 Å². The maximum atomic E-state index is 12.6. The third kappa shape index (κ3) is 3.75. The number of amides is 1. The van der Waals surface area contributed by atoms with Crippen molar-refractivity contribution in [3.05, 3.63) is 42.5 Å². The molecule has 2 aromatic carbocycles. The van der Waals surface area contributed by atoms with Gasteiger partial charge in [0.05, 0.1) is 0 Å². The van der Waals surface area contributed by atoms with Gasteiger partial charge in [-0.15, -0.1) is 12.4 Å². The molecule has 2 aromatic rings. The van der Waals surface area contributed by atoms with Gasteiger partial charge in [-0.25, -0.2) is 0 Å². The second-order valence-electron chi connectivity index (χ2n) is 5.92. The van der Waals surface area contributed by atoms with Crippen LogP contribution in [-0.2, 0) is 9.36 Å². The first-order valence-electron chi connectivity index (χ1n) is 7.85. The fourth-order valence-corrected chi connectivity index (χ4v) is 4.16. The maximum absolute atomic E-state index is 12.6. The molecule has 0 aliphatic carbocycles. The molecule has 1 fully saturated rings. The van der Waals surface area contributed by atoms with Crippen molar-refractivity contribution in [2.75, 3.05) is 11.9 Å². The smallest absolute Gasteiger partial charge is 0.245 e. The van der Waals surface area contributed by atoms with Gasteiger partial charge < -0.3 is 15.1 Å². The highest BCUT2D eigenvalue weighted by atomic mass is 35.5. The Morgan fingerprint density at radius 3 is 2.75 bits per heavy atom. The molecule has 1 saturated heterocycles. The number of rotatable bonds is 4. The number of nitrogens with zero attached hydrogens (tertiary/aromatic N) is 1. The SMILES string of the molecule is C[C@H](Nc1cccc2ccccc12)C(=O)N1CCC[C@H]1[PH](=O)O.Cl. The Kier molecular flexibility index (Phi) is 6.27. The van der Waals surface area contributed by atoms with Gasteiger partial charge in [0, 0.05) is 17.6 Å². The van der Waals surface area contributed by atoms with E-state index >= 15 is 0 Å². The van der Waals surface area contributed by atoms with Crippen molar-refractivity contribution in [1.82, 2.24) is 4.90 Å². The summed E-state index contributed by atoms with van der Waals surface area (Å²) in [4.78, 5) is 23.6. The van der Waals surface area contributed by atoms with Crippen molar-refractivity contribution >= 4 is 42.8 Å². The van der Waals surface area contributed by atoms with E-state index in [1.165, 1.54) is 0 Å². The van der Waals surface area contributed by atoms with Gasteiger partial charge >= 0.3 is 0 Å². The highest BCUT2D eigenvalue weighted by molar-refractivity contribution is 7.38. The topological polar surface area (TPSA) is 69.6 Å². The van der Waals surface area contributed by atoms with Crippen molar-refractivity contribution in [2.24, 2.45) is 0 Å². The van der Waals surface area contributed by atoms with Gasteiger partial charge in [0.2, 0.25) is 13.9 Å². The van der Waals surface area contributed by atoms with Crippen LogP contribution in [0, 0.1) is 0 Å². The van der Waals surface area contributed by atoms with Crippen LogP contribution in [0.3, 0.4) is 0 Å². The van der Waals surface area contributed by atoms with Crippen LogP contribution in [0.25, 0.3) is 10.8 Å². The minimum absolute atomic E-state index is 0. The Balaban J connectivity index is 0.00000208. The van der Waals surface area contributed by atoms with Crippen LogP contribution in [0.5, 0.6) is 0 Å². The number of nitrogens with one attached hydrogen (secondary N) is 1. The maximum Gasteiger partial charge on any atom is 0.245 e. The number of hydrogen-bond acceptors (Lipinski definition) is 3. The van der Waals surface area contributed by atoms with Crippen LogP contribution in [0.1, 0.15) is 19.8 Å². The summed E-state index contributed by atoms with van der Waals surface area (Å²) in [5.74, 6) is -0.628. The Labute approximate surface area is 148 Å². The monoisotopic (exact) mass is 368 g/mol. The van der Waals surface area contributed by atoms with Crippen molar-refractivity contribution in [2.45, 2.75) is 31.6 Å². The van der Waals surface area contributed by atoms with Gasteiger partial charge in [-0.05, 0) is 31.2 Å². The molecular formula is C17H22ClN2O3P. The second kappa shape index (κ2) is 8.02. The molecule has 0 spiro atoms. The highest BCUT2D eigenvalue weighted by Crippen LogP contribution is 2.35. The average molecular weight is 369 g/mol. The van der Waals surface area contributed by atoms with Crippen LogP contribution >= 0.6 is 20.4 Å². The zero-order valence-corrected chi connectivity index (χ0v) is 15.3. The Morgan fingerprint density at radius 1 is 1.29 bits per heavy atom. The molecule has 130 valence electrons. The lowest BCUT2D eigenvalue weighted by Gasteiger charge is -2.26. The average Bonchev–Trinajstić information content (AvgIpc) is 3.04. The molecule has 1 amide bonds. The summed E-state index contributed by atoms with van der Waals surface area (Å²) in [6.07, 6.45) is 1.40. The minimum Gasteiger partial charge on any atom is -0.373 e. The molecule has 1 aliphatic heterocycles. The first-order chi connectivity index (χ1) is 11.1. The molecular weight excluding hydrogens is 347 g/mol. The number of benzene rings is 2. The number of carbonyl (C=O) groups is 1. The lowest BCUT2D eigenvalue weighted by molar-refractivity contribution is -0.131. The molecule has 1 unspecified atom stereocenters. The third-order valence-corrected chi connectivity index (χ3v) is 5.52. The van der Waals surface area contributed by atoms with Crippen LogP contribution in [0.15, 0.2) is 42.5 Å². The lowest BCUT2D eigenvalue weighted by atomic mass is 10.1. The lowest BCUT2D eigenvalue weighted by Crippen LogP contribution is -2.42. The Hall–Kier alpha value is -1.55. The summed E-state index contributed by atoms with van der Waals surface area (Å²) in [6.45, 7) is 2.36.